The Hall–Kier alpha value is -5.21. The molecule has 0 fully saturated rings. The van der Waals surface area contributed by atoms with Gasteiger partial charge in [-0.05, 0) is 23.1 Å². The van der Waals surface area contributed by atoms with Crippen LogP contribution in [0.4, 0.5) is 17.3 Å². The van der Waals surface area contributed by atoms with Gasteiger partial charge in [0.2, 0.25) is 6.33 Å². The fraction of sp³-hybridized carbons (Fsp3) is 0.0556. The van der Waals surface area contributed by atoms with Gasteiger partial charge in [0.1, 0.15) is 11.5 Å². The van der Waals surface area contributed by atoms with E-state index in [9.17, 15) is 25.0 Å². The molecule has 0 saturated heterocycles. The zero-order valence-electron chi connectivity index (χ0n) is 16.5. The van der Waals surface area contributed by atoms with Crippen molar-refractivity contribution in [2.45, 2.75) is 6.67 Å². The van der Waals surface area contributed by atoms with Crippen molar-refractivity contribution in [1.29, 1.82) is 0 Å². The monoisotopic (exact) mass is 451 g/mol. The molecule has 4 aromatic rings. The molecule has 0 bridgehead atoms. The first-order chi connectivity index (χ1) is 15.9. The Balaban J connectivity index is 1.49. The number of aromatic nitrogens is 6. The second kappa shape index (κ2) is 8.88. The number of hydrogen-bond donors (Lipinski definition) is 1. The number of nitrogens with zero attached hydrogens (tertiary/aromatic N) is 8. The van der Waals surface area contributed by atoms with Crippen LogP contribution in [0.15, 0.2) is 61.3 Å². The van der Waals surface area contributed by atoms with Crippen molar-refractivity contribution < 1.29 is 19.4 Å². The summed E-state index contributed by atoms with van der Waals surface area (Å²) in [5.41, 5.74) is -0.162. The molecule has 33 heavy (non-hydrogen) atoms. The molecule has 1 N–H and O–H groups in total. The molecule has 0 atom stereocenters. The summed E-state index contributed by atoms with van der Waals surface area (Å²) in [6, 6.07) is 8.49. The zero-order chi connectivity index (χ0) is 23.4. The van der Waals surface area contributed by atoms with Gasteiger partial charge in [0.05, 0.1) is 22.9 Å². The number of carbonyl (C=O) groups excluding carboxylic acids is 1. The maximum atomic E-state index is 12.6. The zero-order valence-corrected chi connectivity index (χ0v) is 16.5. The van der Waals surface area contributed by atoms with E-state index >= 15 is 0 Å². The lowest BCUT2D eigenvalue weighted by atomic mass is 10.2. The molecule has 1 aromatic carbocycles. The van der Waals surface area contributed by atoms with Crippen molar-refractivity contribution >= 4 is 23.2 Å². The number of amides is 1. The molecule has 4 rings (SSSR count). The molecule has 166 valence electrons. The Labute approximate surface area is 183 Å². The van der Waals surface area contributed by atoms with E-state index in [1.54, 1.807) is 18.3 Å². The van der Waals surface area contributed by atoms with Gasteiger partial charge in [0, 0.05) is 29.6 Å². The van der Waals surface area contributed by atoms with Crippen molar-refractivity contribution in [3.8, 4) is 11.5 Å². The van der Waals surface area contributed by atoms with Crippen molar-refractivity contribution in [2.24, 2.45) is 0 Å². The van der Waals surface area contributed by atoms with Crippen molar-refractivity contribution in [3.05, 3.63) is 87.2 Å². The van der Waals surface area contributed by atoms with Crippen LogP contribution in [-0.2, 0) is 6.67 Å². The highest BCUT2D eigenvalue weighted by molar-refractivity contribution is 6.03. The molecule has 1 amide bonds. The number of pyridine rings is 1. The number of nitro benzene ring substituents is 1. The average molecular weight is 451 g/mol. The van der Waals surface area contributed by atoms with Gasteiger partial charge >= 0.3 is 5.95 Å². The Bertz CT molecular complexity index is 1330. The molecule has 15 nitrogen and oxygen atoms in total. The van der Waals surface area contributed by atoms with Crippen LogP contribution in [0.1, 0.15) is 10.5 Å². The summed E-state index contributed by atoms with van der Waals surface area (Å²) in [5.74, 6) is -0.700. The quantitative estimate of drug-likeness (QED) is 0.307. The van der Waals surface area contributed by atoms with E-state index in [0.29, 0.717) is 5.75 Å². The molecule has 15 heteroatoms. The molecule has 0 aliphatic heterocycles. The third-order valence-electron chi connectivity index (χ3n) is 4.08. The molecular formula is C18H13N9O6. The maximum Gasteiger partial charge on any atom is 0.491 e. The van der Waals surface area contributed by atoms with E-state index in [1.165, 1.54) is 46.0 Å². The van der Waals surface area contributed by atoms with Gasteiger partial charge in [-0.25, -0.2) is 4.68 Å². The minimum absolute atomic E-state index is 0.00542. The summed E-state index contributed by atoms with van der Waals surface area (Å²) in [6.07, 6.45) is 5.61. The van der Waals surface area contributed by atoms with Crippen molar-refractivity contribution in [1.82, 2.24) is 29.5 Å². The Morgan fingerprint density at radius 1 is 1.06 bits per heavy atom. The summed E-state index contributed by atoms with van der Waals surface area (Å²) in [6.45, 7) is -0.0198. The predicted molar refractivity (Wildman–Crippen MR) is 110 cm³/mol. The summed E-state index contributed by atoms with van der Waals surface area (Å²) in [5, 5.41) is 32.2. The Morgan fingerprint density at radius 3 is 2.61 bits per heavy atom. The van der Waals surface area contributed by atoms with Crippen LogP contribution in [0.3, 0.4) is 0 Å². The second-order valence-corrected chi connectivity index (χ2v) is 6.44. The summed E-state index contributed by atoms with van der Waals surface area (Å²) < 4.78 is 8.08. The van der Waals surface area contributed by atoms with Crippen LogP contribution < -0.4 is 10.1 Å². The molecule has 3 heterocycles. The number of anilines is 1. The van der Waals surface area contributed by atoms with Gasteiger partial charge in [-0.2, -0.15) is 9.78 Å². The van der Waals surface area contributed by atoms with E-state index in [2.05, 4.69) is 25.5 Å². The molecule has 3 aromatic heterocycles. The number of nitrogens with one attached hydrogen (secondary N) is 1. The van der Waals surface area contributed by atoms with Gasteiger partial charge in [0.25, 0.3) is 11.6 Å². The number of nitro groups is 2. The first kappa shape index (κ1) is 21.0. The topological polar surface area (TPSA) is 186 Å². The highest BCUT2D eigenvalue weighted by atomic mass is 16.6. The van der Waals surface area contributed by atoms with Gasteiger partial charge < -0.3 is 20.2 Å². The van der Waals surface area contributed by atoms with Crippen LogP contribution in [0.25, 0.3) is 0 Å². The third-order valence-corrected chi connectivity index (χ3v) is 4.08. The molecule has 0 radical (unpaired) electrons. The normalized spacial score (nSPS) is 10.5. The SMILES string of the molecule is O=C(Nc1cc(Oc2cccnc2)cc([N+](=O)[O-])c1)c1ccn(Cn2cnc([N+](=O)[O-])n2)n1. The fourth-order valence-electron chi connectivity index (χ4n) is 2.71. The van der Waals surface area contributed by atoms with Crippen LogP contribution in [0, 0.1) is 20.2 Å². The van der Waals surface area contributed by atoms with E-state index in [-0.39, 0.29) is 29.5 Å². The van der Waals surface area contributed by atoms with E-state index in [1.807, 2.05) is 0 Å². The van der Waals surface area contributed by atoms with E-state index in [0.717, 1.165) is 6.33 Å². The molecule has 0 aliphatic carbocycles. The van der Waals surface area contributed by atoms with Gasteiger partial charge in [-0.3, -0.25) is 19.9 Å². The highest BCUT2D eigenvalue weighted by Crippen LogP contribution is 2.29. The first-order valence-corrected chi connectivity index (χ1v) is 9.13. The smallest absolute Gasteiger partial charge is 0.455 e. The van der Waals surface area contributed by atoms with Crippen molar-refractivity contribution in [3.63, 3.8) is 0 Å². The van der Waals surface area contributed by atoms with Crippen LogP contribution in [-0.4, -0.2) is 45.3 Å². The second-order valence-electron chi connectivity index (χ2n) is 6.44. The van der Waals surface area contributed by atoms with Crippen molar-refractivity contribution in [2.75, 3.05) is 5.32 Å². The van der Waals surface area contributed by atoms with Gasteiger partial charge in [-0.1, -0.05) is 4.98 Å². The number of ether oxygens (including phenoxy) is 1. The van der Waals surface area contributed by atoms with Crippen LogP contribution >= 0.6 is 0 Å². The average Bonchev–Trinajstić information content (AvgIpc) is 3.44. The number of non-ortho nitro benzene ring substituents is 1. The molecule has 0 unspecified atom stereocenters. The lowest BCUT2D eigenvalue weighted by molar-refractivity contribution is -0.394. The number of benzene rings is 1. The lowest BCUT2D eigenvalue weighted by Crippen LogP contribution is -2.15. The minimum atomic E-state index is -0.732. The molecule has 0 aliphatic rings. The number of rotatable bonds is 8. The maximum absolute atomic E-state index is 12.6. The Morgan fingerprint density at radius 2 is 1.91 bits per heavy atom. The Kier molecular flexibility index (Phi) is 5.66. The predicted octanol–water partition coefficient (Wildman–Crippen LogP) is 2.24. The van der Waals surface area contributed by atoms with Gasteiger partial charge in [-0.15, -0.1) is 0 Å². The van der Waals surface area contributed by atoms with Crippen LogP contribution in [0.2, 0.25) is 0 Å². The van der Waals surface area contributed by atoms with Gasteiger partial charge in [0.15, 0.2) is 12.4 Å². The van der Waals surface area contributed by atoms with Crippen LogP contribution in [0.5, 0.6) is 11.5 Å². The minimum Gasteiger partial charge on any atom is -0.455 e. The lowest BCUT2D eigenvalue weighted by Gasteiger charge is -2.08. The molecular weight excluding hydrogens is 438 g/mol. The largest absolute Gasteiger partial charge is 0.491 e. The third kappa shape index (κ3) is 5.10. The summed E-state index contributed by atoms with van der Waals surface area (Å²) in [4.78, 5) is 40.6. The summed E-state index contributed by atoms with van der Waals surface area (Å²) >= 11 is 0. The first-order valence-electron chi connectivity index (χ1n) is 9.13. The fourth-order valence-corrected chi connectivity index (χ4v) is 2.71. The van der Waals surface area contributed by atoms with E-state index < -0.39 is 21.7 Å². The number of carbonyl (C=O) groups is 1. The summed E-state index contributed by atoms with van der Waals surface area (Å²) in [7, 11) is 0. The highest BCUT2D eigenvalue weighted by Gasteiger charge is 2.17. The molecule has 0 spiro atoms. The molecule has 0 saturated carbocycles. The van der Waals surface area contributed by atoms with E-state index in [4.69, 9.17) is 4.74 Å². The number of hydrogen-bond acceptors (Lipinski definition) is 10. The standard InChI is InChI=1S/C18H13N9O6/c28-17(16-3-5-24(22-16)11-25-10-20-18(23-25)27(31)32)21-12-6-13(26(29)30)8-15(7-12)33-14-2-1-4-19-9-14/h1-10H,11H2,(H,21,28).